The highest BCUT2D eigenvalue weighted by molar-refractivity contribution is 5.37. The largest absolute Gasteiger partial charge is 0.392 e. The lowest BCUT2D eigenvalue weighted by Crippen LogP contribution is -2.70. The van der Waals surface area contributed by atoms with E-state index in [2.05, 4.69) is 96.1 Å². The van der Waals surface area contributed by atoms with Crippen molar-refractivity contribution in [3.63, 3.8) is 0 Å². The Bertz CT molecular complexity index is 1050. The van der Waals surface area contributed by atoms with E-state index in [1.54, 1.807) is 11.1 Å². The number of hydrogen-bond donors (Lipinski definition) is 1. The zero-order valence-electron chi connectivity index (χ0n) is 29.5. The van der Waals surface area contributed by atoms with E-state index in [4.69, 9.17) is 0 Å². The maximum atomic E-state index is 12.6. The quantitative estimate of drug-likeness (QED) is 0.331. The van der Waals surface area contributed by atoms with Crippen molar-refractivity contribution in [2.75, 3.05) is 0 Å². The molecule has 4 fully saturated rings. The van der Waals surface area contributed by atoms with Crippen LogP contribution in [-0.4, -0.2) is 11.2 Å². The maximum Gasteiger partial charge on any atom is 0.0615 e. The van der Waals surface area contributed by atoms with E-state index in [1.807, 2.05) is 5.57 Å². The summed E-state index contributed by atoms with van der Waals surface area (Å²) in [7, 11) is 0. The number of allylic oxidation sites excluding steroid dienone is 4. The molecule has 0 aromatic heterocycles. The van der Waals surface area contributed by atoms with Crippen molar-refractivity contribution >= 4 is 0 Å². The lowest BCUT2D eigenvalue weighted by Gasteiger charge is -2.74. The Hall–Kier alpha value is -0.560. The van der Waals surface area contributed by atoms with Crippen molar-refractivity contribution in [3.8, 4) is 0 Å². The van der Waals surface area contributed by atoms with Crippen LogP contribution in [0.15, 0.2) is 22.8 Å². The molecule has 11 atom stereocenters. The van der Waals surface area contributed by atoms with Gasteiger partial charge in [0.05, 0.1) is 6.10 Å². The van der Waals surface area contributed by atoms with Crippen LogP contribution in [0.5, 0.6) is 0 Å². The number of aliphatic hydroxyl groups is 1. The predicted molar refractivity (Wildman–Crippen MR) is 176 cm³/mol. The number of aliphatic hydroxyl groups excluding tert-OH is 1. The van der Waals surface area contributed by atoms with E-state index < -0.39 is 0 Å². The summed E-state index contributed by atoms with van der Waals surface area (Å²) in [5, 5.41) is 12.6. The molecule has 5 aliphatic carbocycles. The normalized spacial score (nSPS) is 51.8. The van der Waals surface area contributed by atoms with Crippen LogP contribution in [0, 0.1) is 80.8 Å². The first-order valence-corrected chi connectivity index (χ1v) is 18.0. The van der Waals surface area contributed by atoms with Gasteiger partial charge in [0.1, 0.15) is 0 Å². The summed E-state index contributed by atoms with van der Waals surface area (Å²) >= 11 is 0. The average Bonchev–Trinajstić information content (AvgIpc) is 2.88. The second-order valence-corrected chi connectivity index (χ2v) is 18.5. The number of rotatable bonds is 2. The third-order valence-corrected chi connectivity index (χ3v) is 15.9. The fraction of sp³-hybridized carbons (Fsp3) is 0.900. The van der Waals surface area contributed by atoms with Crippen LogP contribution in [0.1, 0.15) is 141 Å². The van der Waals surface area contributed by atoms with E-state index in [0.29, 0.717) is 52.8 Å². The SMILES string of the molecule is CC1=C(C(C)C)C(C)C2(C)C(C)C3C(O)C4C(C)CCCC4/C(=C\C4CCC(C(C)(C)C)CC4)C3(C)C(C)C2(C)C1. The van der Waals surface area contributed by atoms with Gasteiger partial charge in [-0.25, -0.2) is 0 Å². The molecule has 11 unspecified atom stereocenters. The van der Waals surface area contributed by atoms with Gasteiger partial charge in [0.2, 0.25) is 0 Å². The second-order valence-electron chi connectivity index (χ2n) is 18.5. The Morgan fingerprint density at radius 1 is 0.902 bits per heavy atom. The minimum atomic E-state index is -0.186. The molecule has 1 N–H and O–H groups in total. The third-order valence-electron chi connectivity index (χ3n) is 15.9. The Morgan fingerprint density at radius 3 is 2.07 bits per heavy atom. The average molecular weight is 565 g/mol. The molecule has 0 bridgehead atoms. The summed E-state index contributed by atoms with van der Waals surface area (Å²) in [6, 6.07) is 0. The Kier molecular flexibility index (Phi) is 8.17. The minimum absolute atomic E-state index is 0.0571. The highest BCUT2D eigenvalue weighted by atomic mass is 16.3. The van der Waals surface area contributed by atoms with Crippen molar-refractivity contribution in [2.24, 2.45) is 80.8 Å². The van der Waals surface area contributed by atoms with E-state index in [9.17, 15) is 5.11 Å². The molecule has 0 spiro atoms. The van der Waals surface area contributed by atoms with Crippen molar-refractivity contribution < 1.29 is 5.11 Å². The van der Waals surface area contributed by atoms with Crippen LogP contribution < -0.4 is 0 Å². The lowest BCUT2D eigenvalue weighted by atomic mass is 9.30. The minimum Gasteiger partial charge on any atom is -0.392 e. The standard InChI is InChI=1S/C40H68O/c1-23(2)33-25(4)22-38(11)28(7)39(12)32(21-29-17-19-30(20-18-29)37(8,9)10)31-16-14-15-24(3)34(31)36(41)35(39)27(6)40(38,13)26(33)5/h21,23-24,26-31,34-36,41H,14-20,22H2,1-13H3/b32-21+. The molecule has 0 aromatic carbocycles. The second kappa shape index (κ2) is 10.5. The van der Waals surface area contributed by atoms with Gasteiger partial charge in [-0.05, 0) is 126 Å². The first kappa shape index (κ1) is 31.9. The van der Waals surface area contributed by atoms with Gasteiger partial charge in [-0.1, -0.05) is 119 Å². The maximum absolute atomic E-state index is 12.6. The molecule has 0 heterocycles. The van der Waals surface area contributed by atoms with Gasteiger partial charge in [-0.2, -0.15) is 0 Å². The Morgan fingerprint density at radius 2 is 1.51 bits per heavy atom. The van der Waals surface area contributed by atoms with Crippen molar-refractivity contribution in [2.45, 2.75) is 147 Å². The van der Waals surface area contributed by atoms with E-state index >= 15 is 0 Å². The summed E-state index contributed by atoms with van der Waals surface area (Å²) in [5.74, 6) is 5.71. The highest BCUT2D eigenvalue weighted by Gasteiger charge is 2.71. The number of hydrogen-bond acceptors (Lipinski definition) is 1. The lowest BCUT2D eigenvalue weighted by molar-refractivity contribution is -0.238. The molecule has 0 radical (unpaired) electrons. The molecular weight excluding hydrogens is 496 g/mol. The fourth-order valence-electron chi connectivity index (χ4n) is 13.2. The number of fused-ring (bicyclic) bond motifs is 3. The smallest absolute Gasteiger partial charge is 0.0615 e. The van der Waals surface area contributed by atoms with Gasteiger partial charge in [-0.3, -0.25) is 0 Å². The first-order valence-electron chi connectivity index (χ1n) is 18.0. The molecule has 1 heteroatoms. The van der Waals surface area contributed by atoms with Gasteiger partial charge in [0.25, 0.3) is 0 Å². The fourth-order valence-corrected chi connectivity index (χ4v) is 13.2. The molecule has 4 saturated carbocycles. The molecule has 5 rings (SSSR count). The topological polar surface area (TPSA) is 20.2 Å². The summed E-state index contributed by atoms with van der Waals surface area (Å²) in [4.78, 5) is 0. The Balaban J connectivity index is 1.65. The molecule has 0 amide bonds. The van der Waals surface area contributed by atoms with Gasteiger partial charge in [0.15, 0.2) is 0 Å². The van der Waals surface area contributed by atoms with Crippen molar-refractivity contribution in [3.05, 3.63) is 22.8 Å². The molecule has 5 aliphatic rings. The van der Waals surface area contributed by atoms with Crippen LogP contribution in [0.3, 0.4) is 0 Å². The van der Waals surface area contributed by atoms with Crippen LogP contribution in [0.2, 0.25) is 0 Å². The molecule has 234 valence electrons. The van der Waals surface area contributed by atoms with Gasteiger partial charge in [-0.15, -0.1) is 0 Å². The molecular formula is C40H68O. The summed E-state index contributed by atoms with van der Waals surface area (Å²) in [6.45, 7) is 32.9. The van der Waals surface area contributed by atoms with Crippen molar-refractivity contribution in [1.82, 2.24) is 0 Å². The van der Waals surface area contributed by atoms with Crippen molar-refractivity contribution in [1.29, 1.82) is 0 Å². The van der Waals surface area contributed by atoms with E-state index in [1.165, 1.54) is 51.4 Å². The van der Waals surface area contributed by atoms with Crippen LogP contribution >= 0.6 is 0 Å². The van der Waals surface area contributed by atoms with Gasteiger partial charge < -0.3 is 5.11 Å². The third kappa shape index (κ3) is 4.45. The van der Waals surface area contributed by atoms with Crippen LogP contribution in [0.25, 0.3) is 0 Å². The van der Waals surface area contributed by atoms with Gasteiger partial charge >= 0.3 is 0 Å². The van der Waals surface area contributed by atoms with Crippen LogP contribution in [0.4, 0.5) is 0 Å². The van der Waals surface area contributed by atoms with Crippen LogP contribution in [-0.2, 0) is 0 Å². The highest BCUT2D eigenvalue weighted by Crippen LogP contribution is 2.76. The molecule has 0 aromatic rings. The predicted octanol–water partition coefficient (Wildman–Crippen LogP) is 11.1. The molecule has 41 heavy (non-hydrogen) atoms. The Labute approximate surface area is 255 Å². The zero-order valence-corrected chi connectivity index (χ0v) is 29.5. The summed E-state index contributed by atoms with van der Waals surface area (Å²) in [5.41, 5.74) is 6.08. The van der Waals surface area contributed by atoms with E-state index in [-0.39, 0.29) is 22.3 Å². The zero-order chi connectivity index (χ0) is 30.4. The molecule has 0 saturated heterocycles. The first-order chi connectivity index (χ1) is 18.9. The summed E-state index contributed by atoms with van der Waals surface area (Å²) in [6.07, 6.45) is 13.3. The molecule has 0 aliphatic heterocycles. The molecule has 1 nitrogen and oxygen atoms in total. The summed E-state index contributed by atoms with van der Waals surface area (Å²) < 4.78 is 0. The van der Waals surface area contributed by atoms with E-state index in [0.717, 1.165) is 11.8 Å². The van der Waals surface area contributed by atoms with Gasteiger partial charge in [0, 0.05) is 0 Å². The monoisotopic (exact) mass is 565 g/mol.